The SMILES string of the molecule is CCc1ccc(CC)c(S(=O)(=O)Nc2nc3ccc(S(C)(=O)=O)cc3s2)c1. The summed E-state index contributed by atoms with van der Waals surface area (Å²) in [7, 11) is -7.13. The number of nitrogens with zero attached hydrogens (tertiary/aromatic N) is 1. The number of sulfonamides is 1. The predicted octanol–water partition coefficient (Wildman–Crippen LogP) is 3.63. The molecule has 3 rings (SSSR count). The molecule has 0 amide bonds. The average Bonchev–Trinajstić information content (AvgIpc) is 3.00. The van der Waals surface area contributed by atoms with E-state index in [-0.39, 0.29) is 14.9 Å². The van der Waals surface area contributed by atoms with Gasteiger partial charge < -0.3 is 0 Å². The first-order valence-corrected chi connectivity index (χ1v) is 12.6. The first-order valence-electron chi connectivity index (χ1n) is 8.39. The molecule has 2 aromatic carbocycles. The van der Waals surface area contributed by atoms with Crippen molar-refractivity contribution in [1.29, 1.82) is 0 Å². The van der Waals surface area contributed by atoms with Gasteiger partial charge >= 0.3 is 0 Å². The molecule has 0 aliphatic rings. The standard InChI is InChI=1S/C18H20N2O4S3/c1-4-12-6-7-13(5-2)17(10-12)27(23,24)20-18-19-15-9-8-14(26(3,21)22)11-16(15)25-18/h6-11H,4-5H2,1-3H3,(H,19,20). The Bertz CT molecular complexity index is 1210. The van der Waals surface area contributed by atoms with Gasteiger partial charge in [0, 0.05) is 6.26 Å². The van der Waals surface area contributed by atoms with Crippen LogP contribution in [0, 0.1) is 0 Å². The maximum atomic E-state index is 12.9. The minimum Gasteiger partial charge on any atom is -0.255 e. The van der Waals surface area contributed by atoms with E-state index in [2.05, 4.69) is 9.71 Å². The smallest absolute Gasteiger partial charge is 0.255 e. The molecule has 0 aliphatic heterocycles. The Hall–Kier alpha value is -1.97. The third-order valence-electron chi connectivity index (χ3n) is 4.22. The van der Waals surface area contributed by atoms with Gasteiger partial charge in [0.15, 0.2) is 15.0 Å². The molecule has 1 aromatic heterocycles. The quantitative estimate of drug-likeness (QED) is 0.652. The van der Waals surface area contributed by atoms with Gasteiger partial charge in [0.1, 0.15) is 0 Å². The molecule has 0 aliphatic carbocycles. The minimum absolute atomic E-state index is 0.178. The Morgan fingerprint density at radius 2 is 1.74 bits per heavy atom. The van der Waals surface area contributed by atoms with E-state index in [0.717, 1.165) is 35.1 Å². The summed E-state index contributed by atoms with van der Waals surface area (Å²) in [5.41, 5.74) is 2.22. The zero-order valence-corrected chi connectivity index (χ0v) is 17.6. The van der Waals surface area contributed by atoms with Gasteiger partial charge in [0.05, 0.1) is 20.0 Å². The summed E-state index contributed by atoms with van der Waals surface area (Å²) in [6.07, 6.45) is 2.46. The fourth-order valence-corrected chi connectivity index (χ4v) is 5.93. The topological polar surface area (TPSA) is 93.2 Å². The Labute approximate surface area is 163 Å². The lowest BCUT2D eigenvalue weighted by Crippen LogP contribution is -2.15. The van der Waals surface area contributed by atoms with E-state index in [1.165, 1.54) is 12.1 Å². The Morgan fingerprint density at radius 1 is 1.00 bits per heavy atom. The van der Waals surface area contributed by atoms with E-state index in [1.807, 2.05) is 26.0 Å². The van der Waals surface area contributed by atoms with Gasteiger partial charge in [-0.2, -0.15) is 0 Å². The van der Waals surface area contributed by atoms with Gasteiger partial charge in [-0.15, -0.1) is 0 Å². The van der Waals surface area contributed by atoms with Crippen LogP contribution in [0.3, 0.4) is 0 Å². The van der Waals surface area contributed by atoms with Crippen LogP contribution in [-0.4, -0.2) is 28.1 Å². The van der Waals surface area contributed by atoms with Crippen LogP contribution in [0.2, 0.25) is 0 Å². The number of thiazole rings is 1. The molecule has 9 heteroatoms. The molecule has 0 bridgehead atoms. The highest BCUT2D eigenvalue weighted by molar-refractivity contribution is 7.93. The summed E-state index contributed by atoms with van der Waals surface area (Å²) >= 11 is 1.11. The van der Waals surface area contributed by atoms with Crippen molar-refractivity contribution >= 4 is 46.5 Å². The monoisotopic (exact) mass is 424 g/mol. The molecule has 0 spiro atoms. The van der Waals surface area contributed by atoms with Crippen molar-refractivity contribution in [3.8, 4) is 0 Å². The number of anilines is 1. The summed E-state index contributed by atoms with van der Waals surface area (Å²) in [5.74, 6) is 0. The summed E-state index contributed by atoms with van der Waals surface area (Å²) in [6, 6.07) is 10.0. The van der Waals surface area contributed by atoms with Gasteiger partial charge in [0.2, 0.25) is 0 Å². The number of sulfone groups is 1. The normalized spacial score (nSPS) is 12.4. The van der Waals surface area contributed by atoms with Crippen molar-refractivity contribution in [1.82, 2.24) is 4.98 Å². The summed E-state index contributed by atoms with van der Waals surface area (Å²) in [6.45, 7) is 3.88. The number of aromatic nitrogens is 1. The third kappa shape index (κ3) is 4.15. The molecule has 0 atom stereocenters. The largest absolute Gasteiger partial charge is 0.263 e. The van der Waals surface area contributed by atoms with Crippen molar-refractivity contribution in [2.45, 2.75) is 36.5 Å². The molecular weight excluding hydrogens is 404 g/mol. The number of aryl methyl sites for hydroxylation is 2. The van der Waals surface area contributed by atoms with Gasteiger partial charge in [-0.25, -0.2) is 21.8 Å². The van der Waals surface area contributed by atoms with E-state index in [0.29, 0.717) is 16.6 Å². The zero-order valence-electron chi connectivity index (χ0n) is 15.2. The lowest BCUT2D eigenvalue weighted by Gasteiger charge is -2.11. The van der Waals surface area contributed by atoms with Crippen LogP contribution < -0.4 is 4.72 Å². The summed E-state index contributed by atoms with van der Waals surface area (Å²) < 4.78 is 52.4. The van der Waals surface area contributed by atoms with Crippen LogP contribution in [0.1, 0.15) is 25.0 Å². The molecule has 144 valence electrons. The maximum absolute atomic E-state index is 12.9. The second-order valence-electron chi connectivity index (χ2n) is 6.18. The lowest BCUT2D eigenvalue weighted by atomic mass is 10.1. The number of nitrogens with one attached hydrogen (secondary N) is 1. The zero-order chi connectivity index (χ0) is 19.8. The van der Waals surface area contributed by atoms with Gasteiger partial charge in [-0.3, -0.25) is 4.72 Å². The number of hydrogen-bond donors (Lipinski definition) is 1. The number of rotatable bonds is 6. The first-order chi connectivity index (χ1) is 12.6. The molecule has 0 radical (unpaired) electrons. The molecule has 0 unspecified atom stereocenters. The first kappa shape index (κ1) is 19.8. The molecule has 0 saturated carbocycles. The minimum atomic E-state index is -3.80. The van der Waals surface area contributed by atoms with Gasteiger partial charge in [-0.1, -0.05) is 37.3 Å². The number of fused-ring (bicyclic) bond motifs is 1. The average molecular weight is 425 g/mol. The molecule has 3 aromatic rings. The molecular formula is C18H20N2O4S3. The highest BCUT2D eigenvalue weighted by atomic mass is 32.2. The van der Waals surface area contributed by atoms with Crippen LogP contribution in [0.15, 0.2) is 46.2 Å². The van der Waals surface area contributed by atoms with Crippen LogP contribution in [0.4, 0.5) is 5.13 Å². The van der Waals surface area contributed by atoms with E-state index in [9.17, 15) is 16.8 Å². The van der Waals surface area contributed by atoms with Crippen LogP contribution in [-0.2, 0) is 32.7 Å². The Kier molecular flexibility index (Phi) is 5.29. The highest BCUT2D eigenvalue weighted by Crippen LogP contribution is 2.30. The summed E-state index contributed by atoms with van der Waals surface area (Å²) in [4.78, 5) is 4.71. The highest BCUT2D eigenvalue weighted by Gasteiger charge is 2.21. The van der Waals surface area contributed by atoms with Crippen molar-refractivity contribution in [3.63, 3.8) is 0 Å². The molecule has 1 heterocycles. The fourth-order valence-electron chi connectivity index (χ4n) is 2.71. The van der Waals surface area contributed by atoms with E-state index in [4.69, 9.17) is 0 Å². The van der Waals surface area contributed by atoms with Gasteiger partial charge in [-0.05, 0) is 48.2 Å². The number of benzene rings is 2. The summed E-state index contributed by atoms with van der Waals surface area (Å²) in [5, 5.41) is 0.208. The Balaban J connectivity index is 2.01. The number of hydrogen-bond acceptors (Lipinski definition) is 6. The van der Waals surface area contributed by atoms with E-state index in [1.54, 1.807) is 12.1 Å². The van der Waals surface area contributed by atoms with Crippen LogP contribution in [0.25, 0.3) is 10.2 Å². The molecule has 6 nitrogen and oxygen atoms in total. The maximum Gasteiger partial charge on any atom is 0.263 e. The van der Waals surface area contributed by atoms with Crippen LogP contribution in [0.5, 0.6) is 0 Å². The second kappa shape index (κ2) is 7.21. The van der Waals surface area contributed by atoms with E-state index < -0.39 is 19.9 Å². The van der Waals surface area contributed by atoms with Crippen molar-refractivity contribution < 1.29 is 16.8 Å². The third-order valence-corrected chi connectivity index (χ3v) is 7.81. The van der Waals surface area contributed by atoms with Gasteiger partial charge in [0.25, 0.3) is 10.0 Å². The van der Waals surface area contributed by atoms with Crippen molar-refractivity contribution in [2.24, 2.45) is 0 Å². The second-order valence-corrected chi connectivity index (χ2v) is 10.9. The lowest BCUT2D eigenvalue weighted by molar-refractivity contribution is 0.599. The van der Waals surface area contributed by atoms with Crippen molar-refractivity contribution in [3.05, 3.63) is 47.5 Å². The molecule has 27 heavy (non-hydrogen) atoms. The fraction of sp³-hybridized carbons (Fsp3) is 0.278. The molecule has 0 saturated heterocycles. The molecule has 1 N–H and O–H groups in total. The predicted molar refractivity (Wildman–Crippen MR) is 109 cm³/mol. The van der Waals surface area contributed by atoms with E-state index >= 15 is 0 Å². The molecule has 0 fully saturated rings. The Morgan fingerprint density at radius 3 is 2.37 bits per heavy atom. The van der Waals surface area contributed by atoms with Crippen molar-refractivity contribution in [2.75, 3.05) is 11.0 Å². The van der Waals surface area contributed by atoms with Crippen LogP contribution >= 0.6 is 11.3 Å².